The first-order valence-electron chi connectivity index (χ1n) is 7.83. The average molecular weight is 476 g/mol. The number of hydrogen-bond acceptors (Lipinski definition) is 7. The van der Waals surface area contributed by atoms with Gasteiger partial charge in [0.2, 0.25) is 13.6 Å². The topological polar surface area (TPSA) is 88.1 Å². The van der Waals surface area contributed by atoms with Gasteiger partial charge < -0.3 is 18.9 Å². The van der Waals surface area contributed by atoms with Gasteiger partial charge in [0.05, 0.1) is 0 Å². The van der Waals surface area contributed by atoms with Crippen LogP contribution in [0.25, 0.3) is 0 Å². The fraction of sp³-hybridized carbons (Fsp3) is 0.800. The van der Waals surface area contributed by atoms with Crippen LogP contribution in [0, 0.1) is 0 Å². The molecule has 7 nitrogen and oxygen atoms in total. The lowest BCUT2D eigenvalue weighted by Gasteiger charge is -2.07. The molecule has 0 aromatic carbocycles. The van der Waals surface area contributed by atoms with Crippen LogP contribution in [0.3, 0.4) is 0 Å². The monoisotopic (exact) mass is 474 g/mol. The van der Waals surface area contributed by atoms with E-state index in [0.29, 0.717) is 0 Å². The minimum absolute atomic E-state index is 0.276. The molecule has 0 fully saturated rings. The molecule has 0 aliphatic carbocycles. The number of carbonyl (C=O) groups excluding carboxylic acids is 3. The second kappa shape index (κ2) is 17.0. The van der Waals surface area contributed by atoms with Crippen LogP contribution in [0.1, 0.15) is 51.4 Å². The molecule has 0 aromatic rings. The molecule has 0 aliphatic heterocycles. The lowest BCUT2D eigenvalue weighted by atomic mass is 10.2. The summed E-state index contributed by atoms with van der Waals surface area (Å²) in [5.41, 5.74) is 0. The minimum atomic E-state index is -1.06. The van der Waals surface area contributed by atoms with E-state index in [2.05, 4.69) is 41.3 Å². The van der Waals surface area contributed by atoms with E-state index in [1.165, 1.54) is 0 Å². The standard InChI is InChI=1S/C15H24Br2O7/c16-9-5-1-3-7-13(18)21-11-23-15(20)24-12-22-14(19)8-4-2-6-10-17/h1-12H2. The molecule has 0 atom stereocenters. The highest BCUT2D eigenvalue weighted by Gasteiger charge is 2.09. The summed E-state index contributed by atoms with van der Waals surface area (Å²) in [5.74, 6) is -0.875. The molecular weight excluding hydrogens is 452 g/mol. The first-order chi connectivity index (χ1) is 11.6. The summed E-state index contributed by atoms with van der Waals surface area (Å²) in [6.45, 7) is -1.03. The van der Waals surface area contributed by atoms with Crippen molar-refractivity contribution >= 4 is 50.0 Å². The van der Waals surface area contributed by atoms with Crippen molar-refractivity contribution in [1.82, 2.24) is 0 Å². The van der Waals surface area contributed by atoms with E-state index in [1.54, 1.807) is 0 Å². The van der Waals surface area contributed by atoms with Crippen LogP contribution in [-0.2, 0) is 28.5 Å². The van der Waals surface area contributed by atoms with Crippen LogP contribution in [-0.4, -0.2) is 42.3 Å². The third kappa shape index (κ3) is 16.0. The van der Waals surface area contributed by atoms with Gasteiger partial charge in [-0.3, -0.25) is 9.59 Å². The van der Waals surface area contributed by atoms with Gasteiger partial charge in [-0.15, -0.1) is 0 Å². The number of carbonyl (C=O) groups is 3. The molecule has 0 unspecified atom stereocenters. The molecule has 140 valence electrons. The van der Waals surface area contributed by atoms with Crippen molar-refractivity contribution in [2.75, 3.05) is 24.2 Å². The summed E-state index contributed by atoms with van der Waals surface area (Å²) < 4.78 is 18.5. The predicted octanol–water partition coefficient (Wildman–Crippen LogP) is 4.05. The molecule has 0 heterocycles. The molecular formula is C15H24Br2O7. The summed E-state index contributed by atoms with van der Waals surface area (Å²) >= 11 is 6.60. The Morgan fingerprint density at radius 1 is 0.583 bits per heavy atom. The van der Waals surface area contributed by atoms with E-state index in [-0.39, 0.29) is 12.8 Å². The van der Waals surface area contributed by atoms with Gasteiger partial charge in [0.15, 0.2) is 0 Å². The van der Waals surface area contributed by atoms with E-state index in [9.17, 15) is 14.4 Å². The highest BCUT2D eigenvalue weighted by molar-refractivity contribution is 9.09. The Kier molecular flexibility index (Phi) is 16.4. The highest BCUT2D eigenvalue weighted by Crippen LogP contribution is 2.04. The number of esters is 2. The first kappa shape index (κ1) is 23.2. The van der Waals surface area contributed by atoms with Crippen LogP contribution < -0.4 is 0 Å². The van der Waals surface area contributed by atoms with Gasteiger partial charge in [-0.1, -0.05) is 44.7 Å². The Morgan fingerprint density at radius 3 is 1.38 bits per heavy atom. The number of rotatable bonds is 14. The zero-order valence-electron chi connectivity index (χ0n) is 13.6. The molecule has 0 N–H and O–H groups in total. The smallest absolute Gasteiger partial charge is 0.428 e. The molecule has 0 spiro atoms. The van der Waals surface area contributed by atoms with Gasteiger partial charge >= 0.3 is 18.1 Å². The quantitative estimate of drug-likeness (QED) is 0.162. The Hall–Kier alpha value is -0.830. The molecule has 0 amide bonds. The van der Waals surface area contributed by atoms with Crippen molar-refractivity contribution in [3.63, 3.8) is 0 Å². The van der Waals surface area contributed by atoms with Crippen molar-refractivity contribution in [3.8, 4) is 0 Å². The maximum atomic E-state index is 11.3. The van der Waals surface area contributed by atoms with Gasteiger partial charge in [-0.25, -0.2) is 4.79 Å². The second-order valence-electron chi connectivity index (χ2n) is 4.81. The number of alkyl halides is 2. The van der Waals surface area contributed by atoms with E-state index in [0.717, 1.165) is 49.2 Å². The van der Waals surface area contributed by atoms with Crippen molar-refractivity contribution in [2.45, 2.75) is 51.4 Å². The summed E-state index contributed by atoms with van der Waals surface area (Å²) in [4.78, 5) is 33.8. The number of halogens is 2. The highest BCUT2D eigenvalue weighted by atomic mass is 79.9. The van der Waals surface area contributed by atoms with Gasteiger partial charge in [-0.05, 0) is 25.7 Å². The maximum Gasteiger partial charge on any atom is 0.514 e. The van der Waals surface area contributed by atoms with Crippen molar-refractivity contribution in [1.29, 1.82) is 0 Å². The summed E-state index contributed by atoms with van der Waals surface area (Å²) in [5, 5.41) is 1.80. The van der Waals surface area contributed by atoms with Crippen molar-refractivity contribution in [2.24, 2.45) is 0 Å². The zero-order valence-corrected chi connectivity index (χ0v) is 16.8. The van der Waals surface area contributed by atoms with Crippen LogP contribution in [0.2, 0.25) is 0 Å². The van der Waals surface area contributed by atoms with Crippen LogP contribution in [0.5, 0.6) is 0 Å². The molecule has 9 heteroatoms. The molecule has 0 aliphatic rings. The second-order valence-corrected chi connectivity index (χ2v) is 6.39. The molecule has 0 aromatic heterocycles. The lowest BCUT2D eigenvalue weighted by molar-refractivity contribution is -0.158. The Morgan fingerprint density at radius 2 is 1.00 bits per heavy atom. The predicted molar refractivity (Wildman–Crippen MR) is 94.0 cm³/mol. The Bertz CT molecular complexity index is 332. The summed E-state index contributed by atoms with van der Waals surface area (Å²) in [6.07, 6.45) is 4.76. The maximum absolute atomic E-state index is 11.3. The summed E-state index contributed by atoms with van der Waals surface area (Å²) in [6, 6.07) is 0. The first-order valence-corrected chi connectivity index (χ1v) is 10.1. The largest absolute Gasteiger partial charge is 0.514 e. The fourth-order valence-electron chi connectivity index (χ4n) is 1.55. The number of hydrogen-bond donors (Lipinski definition) is 0. The van der Waals surface area contributed by atoms with Gasteiger partial charge in [0, 0.05) is 23.5 Å². The Labute approximate surface area is 159 Å². The Balaban J connectivity index is 3.49. The van der Waals surface area contributed by atoms with E-state index in [1.807, 2.05) is 0 Å². The van der Waals surface area contributed by atoms with Gasteiger partial charge in [0.25, 0.3) is 0 Å². The molecule has 0 rings (SSSR count). The SMILES string of the molecule is O=C(CCCCCBr)OCOC(=O)OCOC(=O)CCCCCBr. The van der Waals surface area contributed by atoms with E-state index >= 15 is 0 Å². The molecule has 0 saturated heterocycles. The van der Waals surface area contributed by atoms with Crippen LogP contribution >= 0.6 is 31.9 Å². The molecule has 0 bridgehead atoms. The van der Waals surface area contributed by atoms with Gasteiger partial charge in [0.1, 0.15) is 0 Å². The fourth-order valence-corrected chi connectivity index (χ4v) is 2.35. The van der Waals surface area contributed by atoms with Crippen molar-refractivity contribution in [3.05, 3.63) is 0 Å². The lowest BCUT2D eigenvalue weighted by Crippen LogP contribution is -2.16. The molecule has 24 heavy (non-hydrogen) atoms. The van der Waals surface area contributed by atoms with Crippen LogP contribution in [0.15, 0.2) is 0 Å². The van der Waals surface area contributed by atoms with Crippen molar-refractivity contribution < 1.29 is 33.3 Å². The third-order valence-corrected chi connectivity index (χ3v) is 3.94. The normalized spacial score (nSPS) is 10.1. The van der Waals surface area contributed by atoms with E-state index < -0.39 is 31.7 Å². The third-order valence-electron chi connectivity index (χ3n) is 2.82. The van der Waals surface area contributed by atoms with Crippen LogP contribution in [0.4, 0.5) is 4.79 Å². The molecule has 0 saturated carbocycles. The summed E-state index contributed by atoms with van der Waals surface area (Å²) in [7, 11) is 0. The zero-order chi connectivity index (χ0) is 18.0. The van der Waals surface area contributed by atoms with Gasteiger partial charge in [-0.2, -0.15) is 0 Å². The molecule has 0 radical (unpaired) electrons. The average Bonchev–Trinajstić information content (AvgIpc) is 2.55. The minimum Gasteiger partial charge on any atom is -0.428 e. The number of unbranched alkanes of at least 4 members (excludes halogenated alkanes) is 4. The number of ether oxygens (including phenoxy) is 4. The van der Waals surface area contributed by atoms with E-state index in [4.69, 9.17) is 9.47 Å².